The Bertz CT molecular complexity index is 4000. The summed E-state index contributed by atoms with van der Waals surface area (Å²) >= 11 is 6.65. The van der Waals surface area contributed by atoms with Crippen LogP contribution in [0.2, 0.25) is 5.02 Å². The van der Waals surface area contributed by atoms with Gasteiger partial charge in [-0.05, 0) is 145 Å². The van der Waals surface area contributed by atoms with Crippen LogP contribution in [0.1, 0.15) is 168 Å². The zero-order chi connectivity index (χ0) is 76.8. The molecule has 10 heterocycles. The second kappa shape index (κ2) is 33.5. The first-order chi connectivity index (χ1) is 51.4. The van der Waals surface area contributed by atoms with Crippen LogP contribution in [-0.2, 0) is 73.4 Å². The van der Waals surface area contributed by atoms with Gasteiger partial charge in [0.05, 0.1) is 37.6 Å². The Morgan fingerprint density at radius 3 is 1.57 bits per heavy atom. The zero-order valence-electron chi connectivity index (χ0n) is 63.1. The van der Waals surface area contributed by atoms with Gasteiger partial charge in [-0.2, -0.15) is 9.59 Å². The lowest BCUT2D eigenvalue weighted by Crippen LogP contribution is -2.64. The van der Waals surface area contributed by atoms with Crippen molar-refractivity contribution < 1.29 is 71.7 Å². The topological polar surface area (TPSA) is 258 Å². The zero-order valence-corrected chi connectivity index (χ0v) is 63.9. The van der Waals surface area contributed by atoms with E-state index < -0.39 is 64.8 Å². The molecule has 10 aliphatic heterocycles. The van der Waals surface area contributed by atoms with Crippen LogP contribution >= 0.6 is 11.6 Å². The first kappa shape index (κ1) is 78.8. The van der Waals surface area contributed by atoms with Gasteiger partial charge in [-0.15, -0.1) is 0 Å². The maximum absolute atomic E-state index is 15.1. The van der Waals surface area contributed by atoms with Crippen LogP contribution in [0.4, 0.5) is 4.79 Å². The molecule has 2 spiro atoms. The number of likely N-dealkylation sites (tertiary alicyclic amines) is 4. The lowest BCUT2D eigenvalue weighted by atomic mass is 9.86. The highest BCUT2D eigenvalue weighted by Crippen LogP contribution is 2.48. The summed E-state index contributed by atoms with van der Waals surface area (Å²) in [7, 11) is 1.29. The number of nitrogens with zero attached hydrogens (tertiary/aromatic N) is 8. The summed E-state index contributed by atoms with van der Waals surface area (Å²) in [6.07, 6.45) is 23.9. The predicted octanol–water partition coefficient (Wildman–Crippen LogP) is 10.0. The molecule has 1 unspecified atom stereocenters. The average molecular weight is 1490 g/mol. The van der Waals surface area contributed by atoms with Gasteiger partial charge in [0.1, 0.15) is 54.0 Å². The molecule has 24 heteroatoms. The van der Waals surface area contributed by atoms with Crippen molar-refractivity contribution in [3.8, 4) is 11.1 Å². The summed E-state index contributed by atoms with van der Waals surface area (Å²) < 4.78 is 16.5. The molecular weight excluding hydrogens is 1380 g/mol. The minimum absolute atomic E-state index is 0.00800. The maximum Gasteiger partial charge on any atom is 0.411 e. The third-order valence-electron chi connectivity index (χ3n) is 23.3. The fourth-order valence-corrected chi connectivity index (χ4v) is 18.6. The van der Waals surface area contributed by atoms with Crippen LogP contribution in [0.15, 0.2) is 121 Å². The molecule has 3 aromatic carbocycles. The lowest BCUT2D eigenvalue weighted by molar-refractivity contribution is -0.192. The van der Waals surface area contributed by atoms with E-state index in [9.17, 15) is 38.4 Å². The Balaban J connectivity index is 0.000000211. The minimum atomic E-state index is -1.29. The van der Waals surface area contributed by atoms with Gasteiger partial charge in [-0.25, -0.2) is 4.79 Å². The third kappa shape index (κ3) is 15.4. The second-order valence-electron chi connectivity index (χ2n) is 30.8. The molecule has 8 amide bonds. The molecule has 0 N–H and O–H groups in total. The number of esters is 2. The highest BCUT2D eigenvalue weighted by molar-refractivity contribution is 6.31. The van der Waals surface area contributed by atoms with Crippen molar-refractivity contribution in [1.82, 2.24) is 39.2 Å². The molecule has 13 atom stereocenters. The monoisotopic (exact) mass is 1490 g/mol. The van der Waals surface area contributed by atoms with Crippen LogP contribution < -0.4 is 0 Å². The molecule has 0 aromatic heterocycles. The molecule has 0 saturated carbocycles. The van der Waals surface area contributed by atoms with Gasteiger partial charge in [-0.1, -0.05) is 161 Å². The number of ether oxygens (including phenoxy) is 3. The number of rotatable bonds is 14. The standard InChI is InChI=1S/C49H53ClN4O6.C30H42N4O7.C3H8.CO2/c1-3-34-19-18-31-23-27-52(44(31)47(58)51(34)4-2)46(57)42-21-20-35-22-25-49(48(59)54(35)42)24-11-26-53(49)45(56)33(28-32-12-5-10-17-41(32)50)29-43(55)60-30-40-38-15-8-6-13-36(38)37-14-7-9-16-39(37)40;1-6-20-9-8-19-13-17-31(24(19)26(37)32(20)18-23(35)40-5)25(36)22-11-10-21-12-15-30(27(38)34(21)22)14-7-16-33(30)28(39)41-29(2,3)4;1-3-2;2-1-3/h5-10,12-19,22,25,31,33-35,40,42,44H,3-4,11,20-21,23-24,26-30H2,1-2H3;8-9,12,15,19-22,24H,6-7,10-11,13-14,16-18H2,1-5H3;3H2,1-2H3;/t31-,33?,34+,35-,42-,44-,49+;19-,20+,21-,22-,24-,30+;;/m00../s1. The van der Waals surface area contributed by atoms with Crippen molar-refractivity contribution in [2.45, 2.75) is 223 Å². The largest absolute Gasteiger partial charge is 0.468 e. The summed E-state index contributed by atoms with van der Waals surface area (Å²) in [6.45, 7) is 17.7. The molecule has 1 aliphatic carbocycles. The molecule has 3 aromatic rings. The first-order valence-corrected chi connectivity index (χ1v) is 38.9. The molecule has 11 aliphatic rings. The van der Waals surface area contributed by atoms with Crippen molar-refractivity contribution in [2.24, 2.45) is 17.8 Å². The summed E-state index contributed by atoms with van der Waals surface area (Å²) in [4.78, 5) is 170. The number of carbonyl (C=O) groups is 10. The molecule has 6 fully saturated rings. The maximum atomic E-state index is 15.1. The van der Waals surface area contributed by atoms with E-state index in [1.807, 2.05) is 97.7 Å². The van der Waals surface area contributed by atoms with E-state index in [4.69, 9.17) is 35.4 Å². The van der Waals surface area contributed by atoms with Gasteiger partial charge in [0.15, 0.2) is 0 Å². The number of methoxy groups -OCH3 is 1. The summed E-state index contributed by atoms with van der Waals surface area (Å²) in [6, 6.07) is 20.0. The minimum Gasteiger partial charge on any atom is -0.468 e. The van der Waals surface area contributed by atoms with Crippen molar-refractivity contribution in [2.75, 3.05) is 53.0 Å². The molecule has 0 bridgehead atoms. The van der Waals surface area contributed by atoms with Crippen LogP contribution in [0.25, 0.3) is 11.1 Å². The molecule has 0 radical (unpaired) electrons. The average Bonchev–Trinajstić information content (AvgIpc) is 1.61. The van der Waals surface area contributed by atoms with Crippen LogP contribution in [0.3, 0.4) is 0 Å². The van der Waals surface area contributed by atoms with E-state index in [2.05, 4.69) is 57.2 Å². The highest BCUT2D eigenvalue weighted by Gasteiger charge is 2.61. The Morgan fingerprint density at radius 1 is 0.598 bits per heavy atom. The van der Waals surface area contributed by atoms with Crippen molar-refractivity contribution >= 4 is 77.1 Å². The number of amides is 8. The van der Waals surface area contributed by atoms with Crippen molar-refractivity contribution in [3.63, 3.8) is 0 Å². The quantitative estimate of drug-likeness (QED) is 0.0826. The van der Waals surface area contributed by atoms with E-state index in [0.29, 0.717) is 108 Å². The molecule has 23 nitrogen and oxygen atoms in total. The molecule has 14 rings (SSSR count). The Hall–Kier alpha value is -9.21. The normalized spacial score (nSPS) is 28.1. The highest BCUT2D eigenvalue weighted by atomic mass is 35.5. The predicted molar refractivity (Wildman–Crippen MR) is 398 cm³/mol. The Labute approximate surface area is 632 Å². The van der Waals surface area contributed by atoms with Gasteiger partial charge in [0.25, 0.3) is 11.8 Å². The number of halogens is 1. The van der Waals surface area contributed by atoms with Gasteiger partial charge < -0.3 is 48.5 Å². The third-order valence-corrected chi connectivity index (χ3v) is 23.7. The Kier molecular flexibility index (Phi) is 24.7. The van der Waals surface area contributed by atoms with Gasteiger partial charge >= 0.3 is 24.2 Å². The number of likely N-dealkylation sites (N-methyl/N-ethyl adjacent to an activating group) is 1. The van der Waals surface area contributed by atoms with Crippen molar-refractivity contribution in [3.05, 3.63) is 143 Å². The molecule has 572 valence electrons. The van der Waals surface area contributed by atoms with Crippen molar-refractivity contribution in [1.29, 1.82) is 0 Å². The fourth-order valence-electron chi connectivity index (χ4n) is 18.3. The van der Waals surface area contributed by atoms with Gasteiger partial charge in [0.2, 0.25) is 29.5 Å². The van der Waals surface area contributed by atoms with Crippen LogP contribution in [0, 0.1) is 17.8 Å². The summed E-state index contributed by atoms with van der Waals surface area (Å²) in [5, 5.41) is 0.493. The lowest BCUT2D eigenvalue weighted by Gasteiger charge is -2.45. The first-order valence-electron chi connectivity index (χ1n) is 38.5. The van der Waals surface area contributed by atoms with Gasteiger partial charge in [-0.3, -0.25) is 48.1 Å². The number of hydrogen-bond donors (Lipinski definition) is 0. The van der Waals surface area contributed by atoms with E-state index in [-0.39, 0.29) is 115 Å². The SMILES string of the molecule is CCC.CC[C@@H]1C=C[C@H]2CCN(C(=O)[C@@H]3CC[C@H]4C=C[C@]5(CCCN5C(=O)C(CC(=O)OCC5c6ccccc6-c6ccccc65)Cc5ccccc5Cl)C(=O)N43)[C@@H]2C(=O)N1CC.CC[C@@H]1C=C[C@H]2CCN(C(=O)[C@@H]3CC[C@H]4C=C[C@]5(CCCN5C(=O)OC(C)(C)C)C(=O)N43)[C@@H]2C(=O)N1CC(=O)OC.O=C=O. The smallest absolute Gasteiger partial charge is 0.411 e. The number of benzene rings is 3. The molecular formula is C83H103ClN8O15. The summed E-state index contributed by atoms with van der Waals surface area (Å²) in [5.74, 6) is -3.82. The van der Waals surface area contributed by atoms with E-state index in [1.165, 1.54) is 23.3 Å². The van der Waals surface area contributed by atoms with Gasteiger partial charge in [0, 0.05) is 61.5 Å². The van der Waals surface area contributed by atoms with Crippen LogP contribution in [0.5, 0.6) is 0 Å². The molecule has 107 heavy (non-hydrogen) atoms. The second-order valence-corrected chi connectivity index (χ2v) is 31.2. The number of hydrogen-bond acceptors (Lipinski definition) is 15. The fraction of sp³-hybridized carbons (Fsp3) is 0.554. The Morgan fingerprint density at radius 2 is 1.07 bits per heavy atom. The number of carbonyl (C=O) groups excluding carboxylic acids is 12. The van der Waals surface area contributed by atoms with E-state index >= 15 is 9.59 Å². The summed E-state index contributed by atoms with van der Waals surface area (Å²) in [5.41, 5.74) is 2.01. The number of fused-ring (bicyclic) bond motifs is 7. The van der Waals surface area contributed by atoms with E-state index in [0.717, 1.165) is 34.2 Å². The van der Waals surface area contributed by atoms with Crippen LogP contribution in [-0.4, -0.2) is 223 Å². The molecule has 6 saturated heterocycles. The van der Waals surface area contributed by atoms with E-state index in [1.54, 1.807) is 51.3 Å².